The molecule has 1 atom stereocenters. The number of rotatable bonds is 5. The number of nitrogens with one attached hydrogen (secondary N) is 2. The number of hydrogen-bond donors (Lipinski definition) is 2. The molecule has 0 radical (unpaired) electrons. The summed E-state index contributed by atoms with van der Waals surface area (Å²) in [5, 5.41) is 17.7. The number of nitrogens with zero attached hydrogens (tertiary/aromatic N) is 6. The first-order valence-corrected chi connectivity index (χ1v) is 10.3. The lowest BCUT2D eigenvalue weighted by Gasteiger charge is -2.16. The van der Waals surface area contributed by atoms with Crippen LogP contribution < -0.4 is 5.32 Å². The van der Waals surface area contributed by atoms with E-state index >= 15 is 0 Å². The molecule has 0 saturated heterocycles. The van der Waals surface area contributed by atoms with Crippen molar-refractivity contribution in [3.8, 4) is 22.6 Å². The van der Waals surface area contributed by atoms with E-state index in [1.54, 1.807) is 11.3 Å². The highest BCUT2D eigenvalue weighted by molar-refractivity contribution is 7.16. The lowest BCUT2D eigenvalue weighted by molar-refractivity contribution is 0.867. The third-order valence-corrected chi connectivity index (χ3v) is 5.61. The summed E-state index contributed by atoms with van der Waals surface area (Å²) in [6, 6.07) is 16.3. The van der Waals surface area contributed by atoms with E-state index in [0.29, 0.717) is 11.6 Å². The second-order valence-corrected chi connectivity index (χ2v) is 7.83. The normalized spacial score (nSPS) is 12.2. The maximum Gasteiger partial charge on any atom is 0.204 e. The van der Waals surface area contributed by atoms with Gasteiger partial charge in [0.2, 0.25) is 5.82 Å². The first kappa shape index (κ1) is 18.3. The average Bonchev–Trinajstić information content (AvgIpc) is 3.45. The van der Waals surface area contributed by atoms with E-state index in [4.69, 9.17) is 0 Å². The molecular formula is C21H18N8S. The molecule has 0 spiro atoms. The summed E-state index contributed by atoms with van der Waals surface area (Å²) < 4.78 is 1.14. The predicted octanol–water partition coefficient (Wildman–Crippen LogP) is 4.41. The predicted molar refractivity (Wildman–Crippen MR) is 117 cm³/mol. The van der Waals surface area contributed by atoms with Crippen LogP contribution >= 0.6 is 11.3 Å². The van der Waals surface area contributed by atoms with E-state index in [1.165, 1.54) is 0 Å². The molecule has 0 aliphatic heterocycles. The van der Waals surface area contributed by atoms with Crippen LogP contribution in [0, 0.1) is 6.92 Å². The van der Waals surface area contributed by atoms with Crippen molar-refractivity contribution in [1.82, 2.24) is 35.6 Å². The van der Waals surface area contributed by atoms with Crippen LogP contribution in [0.1, 0.15) is 24.4 Å². The fourth-order valence-corrected chi connectivity index (χ4v) is 4.06. The van der Waals surface area contributed by atoms with Crippen molar-refractivity contribution in [3.63, 3.8) is 0 Å². The summed E-state index contributed by atoms with van der Waals surface area (Å²) in [5.41, 5.74) is 6.80. The molecule has 0 saturated carbocycles. The lowest BCUT2D eigenvalue weighted by Crippen LogP contribution is -2.09. The average molecular weight is 414 g/mol. The molecule has 0 bridgehead atoms. The molecule has 0 aliphatic rings. The van der Waals surface area contributed by atoms with Crippen molar-refractivity contribution < 1.29 is 0 Å². The van der Waals surface area contributed by atoms with Gasteiger partial charge in [-0.3, -0.25) is 0 Å². The molecule has 148 valence electrons. The minimum atomic E-state index is 0.0305. The molecule has 5 aromatic rings. The lowest BCUT2D eigenvalue weighted by atomic mass is 10.0. The number of tetrazole rings is 1. The van der Waals surface area contributed by atoms with E-state index in [1.807, 2.05) is 42.8 Å². The zero-order chi connectivity index (χ0) is 20.5. The Morgan fingerprint density at radius 2 is 1.97 bits per heavy atom. The monoisotopic (exact) mass is 414 g/mol. The quantitative estimate of drug-likeness (QED) is 0.439. The van der Waals surface area contributed by atoms with Gasteiger partial charge in [0.25, 0.3) is 0 Å². The molecular weight excluding hydrogens is 396 g/mol. The van der Waals surface area contributed by atoms with Gasteiger partial charge < -0.3 is 5.32 Å². The summed E-state index contributed by atoms with van der Waals surface area (Å²) in [6.45, 7) is 4.00. The molecule has 0 aliphatic carbocycles. The van der Waals surface area contributed by atoms with Gasteiger partial charge >= 0.3 is 0 Å². The van der Waals surface area contributed by atoms with Gasteiger partial charge in [0.1, 0.15) is 11.6 Å². The Bertz CT molecular complexity index is 1310. The first-order chi connectivity index (χ1) is 14.7. The molecule has 30 heavy (non-hydrogen) atoms. The van der Waals surface area contributed by atoms with E-state index < -0.39 is 0 Å². The SMILES string of the molecule is Cc1nc(NC(C)c2cccc(-c3nn[nH]n3)c2)cc(-c2ccc3ncsc3c2)n1. The number of anilines is 1. The van der Waals surface area contributed by atoms with Crippen molar-refractivity contribution >= 4 is 27.4 Å². The smallest absolute Gasteiger partial charge is 0.204 e. The highest BCUT2D eigenvalue weighted by atomic mass is 32.1. The molecule has 2 N–H and O–H groups in total. The van der Waals surface area contributed by atoms with Crippen LogP contribution in [0.2, 0.25) is 0 Å². The number of aryl methyl sites for hydroxylation is 1. The maximum atomic E-state index is 4.63. The van der Waals surface area contributed by atoms with Crippen LogP contribution in [0.25, 0.3) is 32.9 Å². The number of benzene rings is 2. The van der Waals surface area contributed by atoms with E-state index in [0.717, 1.165) is 38.4 Å². The molecule has 0 amide bonds. The van der Waals surface area contributed by atoms with Crippen LogP contribution in [0.5, 0.6) is 0 Å². The fourth-order valence-electron chi connectivity index (χ4n) is 3.34. The molecule has 1 unspecified atom stereocenters. The highest BCUT2D eigenvalue weighted by Crippen LogP contribution is 2.28. The van der Waals surface area contributed by atoms with Crippen molar-refractivity contribution in [2.24, 2.45) is 0 Å². The molecule has 5 rings (SSSR count). The van der Waals surface area contributed by atoms with E-state index in [9.17, 15) is 0 Å². The van der Waals surface area contributed by atoms with Gasteiger partial charge in [-0.05, 0) is 42.8 Å². The first-order valence-electron chi connectivity index (χ1n) is 9.45. The topological polar surface area (TPSA) is 105 Å². The number of aromatic nitrogens is 7. The second kappa shape index (κ2) is 7.60. The van der Waals surface area contributed by atoms with Crippen molar-refractivity contribution in [2.75, 3.05) is 5.32 Å². The van der Waals surface area contributed by atoms with Crippen LogP contribution in [-0.4, -0.2) is 35.6 Å². The van der Waals surface area contributed by atoms with Gasteiger partial charge in [-0.15, -0.1) is 21.5 Å². The summed E-state index contributed by atoms with van der Waals surface area (Å²) in [4.78, 5) is 13.6. The minimum absolute atomic E-state index is 0.0305. The second-order valence-electron chi connectivity index (χ2n) is 6.95. The van der Waals surface area contributed by atoms with Crippen LogP contribution in [0.4, 0.5) is 5.82 Å². The van der Waals surface area contributed by atoms with Gasteiger partial charge in [-0.1, -0.05) is 24.3 Å². The van der Waals surface area contributed by atoms with Gasteiger partial charge in [-0.25, -0.2) is 15.0 Å². The summed E-state index contributed by atoms with van der Waals surface area (Å²) >= 11 is 1.63. The van der Waals surface area contributed by atoms with Crippen LogP contribution in [0.3, 0.4) is 0 Å². The van der Waals surface area contributed by atoms with Crippen molar-refractivity contribution in [2.45, 2.75) is 19.9 Å². The maximum absolute atomic E-state index is 4.63. The number of H-pyrrole nitrogens is 1. The Hall–Kier alpha value is -3.72. The number of fused-ring (bicyclic) bond motifs is 1. The largest absolute Gasteiger partial charge is 0.363 e. The molecule has 3 aromatic heterocycles. The van der Waals surface area contributed by atoms with Crippen molar-refractivity contribution in [1.29, 1.82) is 0 Å². The van der Waals surface area contributed by atoms with Gasteiger partial charge in [0, 0.05) is 23.2 Å². The zero-order valence-electron chi connectivity index (χ0n) is 16.4. The Labute approximate surface area is 176 Å². The van der Waals surface area contributed by atoms with Crippen molar-refractivity contribution in [3.05, 3.63) is 65.4 Å². The van der Waals surface area contributed by atoms with E-state index in [2.05, 4.69) is 66.0 Å². The van der Waals surface area contributed by atoms with E-state index in [-0.39, 0.29) is 6.04 Å². The molecule has 9 heteroatoms. The third-order valence-electron chi connectivity index (χ3n) is 4.82. The Morgan fingerprint density at radius 3 is 2.83 bits per heavy atom. The van der Waals surface area contributed by atoms with Crippen LogP contribution in [0.15, 0.2) is 54.0 Å². The Kier molecular flexibility index (Phi) is 4.64. The third kappa shape index (κ3) is 3.62. The molecule has 8 nitrogen and oxygen atoms in total. The fraction of sp³-hybridized carbons (Fsp3) is 0.143. The zero-order valence-corrected chi connectivity index (χ0v) is 17.2. The van der Waals surface area contributed by atoms with Crippen LogP contribution in [-0.2, 0) is 0 Å². The summed E-state index contributed by atoms with van der Waals surface area (Å²) in [5.74, 6) is 2.06. The number of aromatic amines is 1. The molecule has 2 aromatic carbocycles. The Morgan fingerprint density at radius 1 is 1.03 bits per heavy atom. The summed E-state index contributed by atoms with van der Waals surface area (Å²) in [6.07, 6.45) is 0. The number of hydrogen-bond acceptors (Lipinski definition) is 8. The van der Waals surface area contributed by atoms with Gasteiger partial charge in [0.15, 0.2) is 0 Å². The number of thiazole rings is 1. The van der Waals surface area contributed by atoms with Gasteiger partial charge in [0.05, 0.1) is 21.4 Å². The Balaban J connectivity index is 1.43. The van der Waals surface area contributed by atoms with Gasteiger partial charge in [-0.2, -0.15) is 5.21 Å². The highest BCUT2D eigenvalue weighted by Gasteiger charge is 2.12. The summed E-state index contributed by atoms with van der Waals surface area (Å²) in [7, 11) is 0. The molecule has 0 fully saturated rings. The molecule has 3 heterocycles. The standard InChI is InChI=1S/C21H18N8S/c1-12(14-4-3-5-16(8-14)21-26-28-29-27-21)23-20-10-18(24-13(2)25-20)15-6-7-17-19(9-15)30-11-22-17/h3-12H,1-2H3,(H,23,24,25)(H,26,27,28,29). The minimum Gasteiger partial charge on any atom is -0.363 e.